The van der Waals surface area contributed by atoms with Gasteiger partial charge in [0.2, 0.25) is 12.7 Å². The molecule has 1 aliphatic heterocycles. The molecule has 3 aromatic carbocycles. The van der Waals surface area contributed by atoms with Crippen LogP contribution in [0.2, 0.25) is 0 Å². The van der Waals surface area contributed by atoms with Gasteiger partial charge in [0.25, 0.3) is 10.0 Å². The summed E-state index contributed by atoms with van der Waals surface area (Å²) >= 11 is 0. The van der Waals surface area contributed by atoms with Crippen molar-refractivity contribution in [2.24, 2.45) is 0 Å². The van der Waals surface area contributed by atoms with Crippen molar-refractivity contribution in [2.75, 3.05) is 23.9 Å². The number of carbonyl (C=O) groups excluding carboxylic acids is 1. The molecule has 0 atom stereocenters. The first-order chi connectivity index (χ1) is 15.4. The smallest absolute Gasteiger partial charge is 0.262 e. The summed E-state index contributed by atoms with van der Waals surface area (Å²) in [5.41, 5.74) is 1.42. The lowest BCUT2D eigenvalue weighted by Gasteiger charge is -2.12. The summed E-state index contributed by atoms with van der Waals surface area (Å²) in [4.78, 5) is 12.3. The maximum atomic E-state index is 12.8. The molecule has 164 valence electrons. The molecule has 0 aliphatic carbocycles. The average molecular weight is 452 g/mol. The molecular weight excluding hydrogens is 432 g/mol. The molecule has 1 heterocycles. The van der Waals surface area contributed by atoms with Crippen LogP contribution >= 0.6 is 0 Å². The maximum absolute atomic E-state index is 12.8. The van der Waals surface area contributed by atoms with Crippen molar-refractivity contribution in [1.29, 1.82) is 0 Å². The molecule has 0 unspecified atom stereocenters. The van der Waals surface area contributed by atoms with Gasteiger partial charge in [-0.25, -0.2) is 8.42 Å². The van der Waals surface area contributed by atoms with Crippen LogP contribution in [-0.4, -0.2) is 28.2 Å². The predicted molar refractivity (Wildman–Crippen MR) is 120 cm³/mol. The topological polar surface area (TPSA) is 103 Å². The van der Waals surface area contributed by atoms with Gasteiger partial charge in [-0.3, -0.25) is 9.52 Å². The highest BCUT2D eigenvalue weighted by Crippen LogP contribution is 2.33. The van der Waals surface area contributed by atoms with Crippen molar-refractivity contribution >= 4 is 33.4 Å². The van der Waals surface area contributed by atoms with E-state index in [4.69, 9.17) is 14.2 Å². The minimum Gasteiger partial charge on any atom is -0.495 e. The number of ether oxygens (including phenoxy) is 3. The van der Waals surface area contributed by atoms with E-state index in [9.17, 15) is 13.2 Å². The monoisotopic (exact) mass is 452 g/mol. The Morgan fingerprint density at radius 1 is 1.00 bits per heavy atom. The highest BCUT2D eigenvalue weighted by atomic mass is 32.2. The number of methoxy groups -OCH3 is 1. The number of carbonyl (C=O) groups is 1. The molecule has 0 saturated carbocycles. The standard InChI is InChI=1S/C23H20N2O6S/c1-29-20-8-3-2-7-19(20)25-32(27,28)18-6-4-5-17(14-18)24-23(26)12-10-16-9-11-21-22(13-16)31-15-30-21/h2-14,25H,15H2,1H3,(H,24,26)/b12-10+. The number of hydrogen-bond acceptors (Lipinski definition) is 6. The van der Waals surface area contributed by atoms with Crippen molar-refractivity contribution < 1.29 is 27.4 Å². The Kier molecular flexibility index (Phi) is 6.00. The fourth-order valence-corrected chi connectivity index (χ4v) is 4.16. The number of sulfonamides is 1. The van der Waals surface area contributed by atoms with Gasteiger partial charge in [-0.2, -0.15) is 0 Å². The first-order valence-corrected chi connectivity index (χ1v) is 11.1. The third-order valence-electron chi connectivity index (χ3n) is 4.59. The van der Waals surface area contributed by atoms with Gasteiger partial charge in [-0.05, 0) is 54.1 Å². The molecule has 1 amide bonds. The summed E-state index contributed by atoms with van der Waals surface area (Å²) in [6, 6.07) is 18.0. The van der Waals surface area contributed by atoms with Crippen LogP contribution in [0.5, 0.6) is 17.2 Å². The largest absolute Gasteiger partial charge is 0.495 e. The lowest BCUT2D eigenvalue weighted by Crippen LogP contribution is -2.14. The maximum Gasteiger partial charge on any atom is 0.262 e. The van der Waals surface area contributed by atoms with Crippen molar-refractivity contribution in [3.63, 3.8) is 0 Å². The van der Waals surface area contributed by atoms with Crippen LogP contribution in [0, 0.1) is 0 Å². The number of nitrogens with one attached hydrogen (secondary N) is 2. The second-order valence-corrected chi connectivity index (χ2v) is 8.45. The molecule has 0 saturated heterocycles. The SMILES string of the molecule is COc1ccccc1NS(=O)(=O)c1cccc(NC(=O)/C=C/c2ccc3c(c2)OCO3)c1. The van der Waals surface area contributed by atoms with Crippen LogP contribution in [0.25, 0.3) is 6.08 Å². The van der Waals surface area contributed by atoms with Crippen molar-refractivity contribution in [3.8, 4) is 17.2 Å². The second-order valence-electron chi connectivity index (χ2n) is 6.77. The molecule has 4 rings (SSSR count). The molecule has 0 fully saturated rings. The van der Waals surface area contributed by atoms with Crippen LogP contribution in [0.3, 0.4) is 0 Å². The second kappa shape index (κ2) is 9.03. The number of amides is 1. The van der Waals surface area contributed by atoms with E-state index in [0.717, 1.165) is 5.56 Å². The van der Waals surface area contributed by atoms with Crippen molar-refractivity contribution in [1.82, 2.24) is 0 Å². The summed E-state index contributed by atoms with van der Waals surface area (Å²) in [5, 5.41) is 2.66. The van der Waals surface area contributed by atoms with Crippen LogP contribution in [0.1, 0.15) is 5.56 Å². The van der Waals surface area contributed by atoms with E-state index in [-0.39, 0.29) is 11.7 Å². The van der Waals surface area contributed by atoms with Crippen LogP contribution in [-0.2, 0) is 14.8 Å². The minimum absolute atomic E-state index is 0.000886. The zero-order valence-corrected chi connectivity index (χ0v) is 17.9. The molecule has 2 N–H and O–H groups in total. The van der Waals surface area contributed by atoms with Gasteiger partial charge in [-0.15, -0.1) is 0 Å². The van der Waals surface area contributed by atoms with Crippen LogP contribution in [0.4, 0.5) is 11.4 Å². The first kappa shape index (κ1) is 21.3. The Hall–Kier alpha value is -3.98. The fraction of sp³-hybridized carbons (Fsp3) is 0.0870. The van der Waals surface area contributed by atoms with E-state index in [0.29, 0.717) is 28.6 Å². The van der Waals surface area contributed by atoms with E-state index >= 15 is 0 Å². The van der Waals surface area contributed by atoms with Gasteiger partial charge in [0, 0.05) is 11.8 Å². The minimum atomic E-state index is -3.89. The summed E-state index contributed by atoms with van der Waals surface area (Å²) in [6.45, 7) is 0.175. The zero-order valence-electron chi connectivity index (χ0n) is 17.1. The number of para-hydroxylation sites is 2. The molecule has 8 nitrogen and oxygen atoms in total. The quantitative estimate of drug-likeness (QED) is 0.528. The Bertz CT molecular complexity index is 1290. The molecule has 32 heavy (non-hydrogen) atoms. The van der Waals surface area contributed by atoms with E-state index in [1.54, 1.807) is 60.7 Å². The van der Waals surface area contributed by atoms with Gasteiger partial charge in [0.15, 0.2) is 11.5 Å². The van der Waals surface area contributed by atoms with Gasteiger partial charge in [-0.1, -0.05) is 24.3 Å². The number of benzene rings is 3. The van der Waals surface area contributed by atoms with E-state index in [1.807, 2.05) is 0 Å². The number of anilines is 2. The fourth-order valence-electron chi connectivity index (χ4n) is 3.05. The molecular formula is C23H20N2O6S. The van der Waals surface area contributed by atoms with Gasteiger partial charge < -0.3 is 19.5 Å². The lowest BCUT2D eigenvalue weighted by molar-refractivity contribution is -0.111. The summed E-state index contributed by atoms with van der Waals surface area (Å²) in [7, 11) is -2.43. The number of rotatable bonds is 7. The summed E-state index contributed by atoms with van der Waals surface area (Å²) in [5.74, 6) is 1.27. The Labute approximate surface area is 185 Å². The molecule has 9 heteroatoms. The third kappa shape index (κ3) is 4.84. The normalized spacial score (nSPS) is 12.5. The third-order valence-corrected chi connectivity index (χ3v) is 5.95. The molecule has 3 aromatic rings. The lowest BCUT2D eigenvalue weighted by atomic mass is 10.2. The Balaban J connectivity index is 1.46. The van der Waals surface area contributed by atoms with E-state index in [2.05, 4.69) is 10.0 Å². The van der Waals surface area contributed by atoms with E-state index < -0.39 is 15.9 Å². The van der Waals surface area contributed by atoms with Crippen LogP contribution in [0.15, 0.2) is 77.7 Å². The molecule has 0 spiro atoms. The summed E-state index contributed by atoms with van der Waals surface area (Å²) < 4.78 is 43.9. The van der Waals surface area contributed by atoms with Gasteiger partial charge in [0.05, 0.1) is 17.7 Å². The van der Waals surface area contributed by atoms with E-state index in [1.165, 1.54) is 25.3 Å². The molecule has 0 aromatic heterocycles. The Morgan fingerprint density at radius 2 is 1.81 bits per heavy atom. The predicted octanol–water partition coefficient (Wildman–Crippen LogP) is 3.88. The average Bonchev–Trinajstić information content (AvgIpc) is 3.26. The molecule has 1 aliphatic rings. The number of hydrogen-bond donors (Lipinski definition) is 2. The van der Waals surface area contributed by atoms with Gasteiger partial charge in [0.1, 0.15) is 5.75 Å². The van der Waals surface area contributed by atoms with Crippen molar-refractivity contribution in [2.45, 2.75) is 4.90 Å². The van der Waals surface area contributed by atoms with Crippen molar-refractivity contribution in [3.05, 3.63) is 78.4 Å². The molecule has 0 bridgehead atoms. The number of fused-ring (bicyclic) bond motifs is 1. The molecule has 0 radical (unpaired) electrons. The highest BCUT2D eigenvalue weighted by molar-refractivity contribution is 7.92. The Morgan fingerprint density at radius 3 is 2.66 bits per heavy atom. The van der Waals surface area contributed by atoms with Gasteiger partial charge >= 0.3 is 0 Å². The summed E-state index contributed by atoms with van der Waals surface area (Å²) in [6.07, 6.45) is 2.98. The highest BCUT2D eigenvalue weighted by Gasteiger charge is 2.17. The first-order valence-electron chi connectivity index (χ1n) is 9.59. The zero-order chi connectivity index (χ0) is 22.6. The van der Waals surface area contributed by atoms with Crippen LogP contribution < -0.4 is 24.2 Å².